The van der Waals surface area contributed by atoms with Gasteiger partial charge in [-0.15, -0.1) is 0 Å². The Morgan fingerprint density at radius 2 is 2.16 bits per heavy atom. The Kier molecular flexibility index (Phi) is 6.40. The van der Waals surface area contributed by atoms with Gasteiger partial charge in [-0.3, -0.25) is 4.79 Å². The molecule has 1 rings (SSSR count). The number of rotatable bonds is 7. The maximum atomic E-state index is 11.7. The van der Waals surface area contributed by atoms with Crippen LogP contribution in [0.4, 0.5) is 0 Å². The average molecular weight is 263 g/mol. The van der Waals surface area contributed by atoms with Crippen molar-refractivity contribution in [3.63, 3.8) is 0 Å². The number of nitrogens with one attached hydrogen (secondary N) is 1. The molecule has 1 atom stereocenters. The summed E-state index contributed by atoms with van der Waals surface area (Å²) in [6, 6.07) is 6.37. The summed E-state index contributed by atoms with van der Waals surface area (Å²) in [4.78, 5) is 11.7. The average Bonchev–Trinajstić information content (AvgIpc) is 2.40. The Morgan fingerprint density at radius 1 is 1.42 bits per heavy atom. The minimum absolute atomic E-state index is 0.153. The highest BCUT2D eigenvalue weighted by molar-refractivity contribution is 5.76. The lowest BCUT2D eigenvalue weighted by Gasteiger charge is -2.11. The molecule has 0 fully saturated rings. The summed E-state index contributed by atoms with van der Waals surface area (Å²) >= 11 is 0. The first-order chi connectivity index (χ1) is 9.06. The number of amides is 1. The number of benzene rings is 1. The third-order valence-electron chi connectivity index (χ3n) is 3.42. The molecule has 1 N–H and O–H groups in total. The molecule has 0 spiro atoms. The number of aryl methyl sites for hydroxylation is 2. The second-order valence-electron chi connectivity index (χ2n) is 5.02. The standard InChI is InChI=1S/C16H25NO2/c1-5-13(3)17-16(18)8-6-7-14-9-10-15(19-4)11-12(14)2/h9-11,13H,5-8H2,1-4H3,(H,17,18)/t13-/m0/s1. The molecule has 1 aromatic rings. The van der Waals surface area contributed by atoms with Crippen LogP contribution in [-0.2, 0) is 11.2 Å². The Hall–Kier alpha value is -1.51. The zero-order chi connectivity index (χ0) is 14.3. The fourth-order valence-electron chi connectivity index (χ4n) is 1.96. The number of methoxy groups -OCH3 is 1. The van der Waals surface area contributed by atoms with Gasteiger partial charge in [0.1, 0.15) is 5.75 Å². The van der Waals surface area contributed by atoms with E-state index in [1.807, 2.05) is 19.1 Å². The van der Waals surface area contributed by atoms with Crippen molar-refractivity contribution in [3.8, 4) is 5.75 Å². The highest BCUT2D eigenvalue weighted by atomic mass is 16.5. The summed E-state index contributed by atoms with van der Waals surface area (Å²) in [6.07, 6.45) is 3.39. The molecule has 3 heteroatoms. The van der Waals surface area contributed by atoms with Gasteiger partial charge in [-0.1, -0.05) is 13.0 Å². The van der Waals surface area contributed by atoms with Crippen LogP contribution in [0, 0.1) is 6.92 Å². The van der Waals surface area contributed by atoms with E-state index in [-0.39, 0.29) is 11.9 Å². The first-order valence-electron chi connectivity index (χ1n) is 6.99. The van der Waals surface area contributed by atoms with E-state index in [1.165, 1.54) is 11.1 Å². The number of hydrogen-bond acceptors (Lipinski definition) is 2. The van der Waals surface area contributed by atoms with Gasteiger partial charge in [-0.25, -0.2) is 0 Å². The summed E-state index contributed by atoms with van der Waals surface area (Å²) in [6.45, 7) is 6.19. The molecule has 0 radical (unpaired) electrons. The van der Waals surface area contributed by atoms with Crippen LogP contribution in [0.1, 0.15) is 44.2 Å². The molecule has 1 amide bonds. The second-order valence-corrected chi connectivity index (χ2v) is 5.02. The molecular weight excluding hydrogens is 238 g/mol. The molecular formula is C16H25NO2. The Balaban J connectivity index is 2.39. The van der Waals surface area contributed by atoms with E-state index < -0.39 is 0 Å². The quantitative estimate of drug-likeness (QED) is 0.820. The third-order valence-corrected chi connectivity index (χ3v) is 3.42. The van der Waals surface area contributed by atoms with Crippen molar-refractivity contribution in [2.45, 2.75) is 52.5 Å². The summed E-state index contributed by atoms with van der Waals surface area (Å²) in [7, 11) is 1.67. The van der Waals surface area contributed by atoms with Crippen LogP contribution in [0.2, 0.25) is 0 Å². The van der Waals surface area contributed by atoms with Crippen molar-refractivity contribution in [3.05, 3.63) is 29.3 Å². The minimum atomic E-state index is 0.153. The van der Waals surface area contributed by atoms with E-state index in [9.17, 15) is 4.79 Å². The van der Waals surface area contributed by atoms with Crippen LogP contribution >= 0.6 is 0 Å². The normalized spacial score (nSPS) is 12.0. The molecule has 0 saturated heterocycles. The number of ether oxygens (including phenoxy) is 1. The van der Waals surface area contributed by atoms with E-state index in [1.54, 1.807) is 7.11 Å². The zero-order valence-electron chi connectivity index (χ0n) is 12.5. The lowest BCUT2D eigenvalue weighted by molar-refractivity contribution is -0.121. The van der Waals surface area contributed by atoms with Crippen LogP contribution in [0.15, 0.2) is 18.2 Å². The van der Waals surface area contributed by atoms with Crippen molar-refractivity contribution in [2.24, 2.45) is 0 Å². The van der Waals surface area contributed by atoms with E-state index in [2.05, 4.69) is 25.2 Å². The Bertz CT molecular complexity index is 415. The highest BCUT2D eigenvalue weighted by Crippen LogP contribution is 2.18. The third kappa shape index (κ3) is 5.33. The van der Waals surface area contributed by atoms with Crippen LogP contribution in [0.3, 0.4) is 0 Å². The lowest BCUT2D eigenvalue weighted by Crippen LogP contribution is -2.31. The van der Waals surface area contributed by atoms with Crippen molar-refractivity contribution in [1.82, 2.24) is 5.32 Å². The Labute approximate surface area is 116 Å². The molecule has 3 nitrogen and oxygen atoms in total. The summed E-state index contributed by atoms with van der Waals surface area (Å²) in [5.74, 6) is 1.04. The summed E-state index contributed by atoms with van der Waals surface area (Å²) < 4.78 is 5.18. The van der Waals surface area contributed by atoms with Crippen molar-refractivity contribution in [1.29, 1.82) is 0 Å². The van der Waals surface area contributed by atoms with Gasteiger partial charge in [0.15, 0.2) is 0 Å². The molecule has 0 aliphatic rings. The molecule has 0 bridgehead atoms. The van der Waals surface area contributed by atoms with Gasteiger partial charge in [0.05, 0.1) is 7.11 Å². The molecule has 0 aliphatic heterocycles. The van der Waals surface area contributed by atoms with Crippen LogP contribution in [0.25, 0.3) is 0 Å². The van der Waals surface area contributed by atoms with Crippen molar-refractivity contribution in [2.75, 3.05) is 7.11 Å². The van der Waals surface area contributed by atoms with Crippen molar-refractivity contribution >= 4 is 5.91 Å². The maximum Gasteiger partial charge on any atom is 0.220 e. The fourth-order valence-corrected chi connectivity index (χ4v) is 1.96. The summed E-state index contributed by atoms with van der Waals surface area (Å²) in [5, 5.41) is 2.99. The van der Waals surface area contributed by atoms with Crippen molar-refractivity contribution < 1.29 is 9.53 Å². The predicted octanol–water partition coefficient (Wildman–Crippen LogP) is 3.24. The van der Waals surface area contributed by atoms with E-state index in [0.29, 0.717) is 6.42 Å². The van der Waals surface area contributed by atoms with Gasteiger partial charge in [0, 0.05) is 12.5 Å². The first-order valence-corrected chi connectivity index (χ1v) is 6.99. The monoisotopic (exact) mass is 263 g/mol. The van der Waals surface area contributed by atoms with Gasteiger partial charge in [-0.2, -0.15) is 0 Å². The van der Waals surface area contributed by atoms with Gasteiger partial charge < -0.3 is 10.1 Å². The maximum absolute atomic E-state index is 11.7. The molecule has 1 aromatic carbocycles. The first kappa shape index (κ1) is 15.5. The van der Waals surface area contributed by atoms with Crippen LogP contribution in [-0.4, -0.2) is 19.1 Å². The van der Waals surface area contributed by atoms with Gasteiger partial charge >= 0.3 is 0 Å². The molecule has 0 heterocycles. The Morgan fingerprint density at radius 3 is 2.74 bits per heavy atom. The van der Waals surface area contributed by atoms with Gasteiger partial charge in [-0.05, 0) is 56.4 Å². The molecule has 0 aliphatic carbocycles. The number of hydrogen-bond donors (Lipinski definition) is 1. The summed E-state index contributed by atoms with van der Waals surface area (Å²) in [5.41, 5.74) is 2.51. The number of carbonyl (C=O) groups is 1. The smallest absolute Gasteiger partial charge is 0.220 e. The zero-order valence-corrected chi connectivity index (χ0v) is 12.5. The SMILES string of the molecule is CC[C@H](C)NC(=O)CCCc1ccc(OC)cc1C. The topological polar surface area (TPSA) is 38.3 Å². The molecule has 19 heavy (non-hydrogen) atoms. The highest BCUT2D eigenvalue weighted by Gasteiger charge is 2.06. The minimum Gasteiger partial charge on any atom is -0.497 e. The predicted molar refractivity (Wildman–Crippen MR) is 78.6 cm³/mol. The molecule has 0 aromatic heterocycles. The molecule has 0 saturated carbocycles. The van der Waals surface area contributed by atoms with E-state index in [0.717, 1.165) is 25.0 Å². The fraction of sp³-hybridized carbons (Fsp3) is 0.562. The molecule has 106 valence electrons. The van der Waals surface area contributed by atoms with Gasteiger partial charge in [0.2, 0.25) is 5.91 Å². The van der Waals surface area contributed by atoms with E-state index in [4.69, 9.17) is 4.74 Å². The largest absolute Gasteiger partial charge is 0.497 e. The van der Waals surface area contributed by atoms with E-state index >= 15 is 0 Å². The number of carbonyl (C=O) groups excluding carboxylic acids is 1. The van der Waals surface area contributed by atoms with Crippen LogP contribution in [0.5, 0.6) is 5.75 Å². The molecule has 0 unspecified atom stereocenters. The van der Waals surface area contributed by atoms with Crippen LogP contribution < -0.4 is 10.1 Å². The second kappa shape index (κ2) is 7.82. The lowest BCUT2D eigenvalue weighted by atomic mass is 10.0. The van der Waals surface area contributed by atoms with Gasteiger partial charge in [0.25, 0.3) is 0 Å².